The molecule has 1 heterocycles. The maximum absolute atomic E-state index is 11.4. The van der Waals surface area contributed by atoms with Gasteiger partial charge in [0.15, 0.2) is 0 Å². The maximum atomic E-state index is 11.4. The lowest BCUT2D eigenvalue weighted by atomic mass is 10.2. The number of nitrogens with zero attached hydrogens (tertiary/aromatic N) is 2. The van der Waals surface area contributed by atoms with Gasteiger partial charge >= 0.3 is 0 Å². The second-order valence-corrected chi connectivity index (χ2v) is 3.78. The zero-order valence-electron chi connectivity index (χ0n) is 10.4. The van der Waals surface area contributed by atoms with Crippen LogP contribution in [-0.2, 0) is 11.3 Å². The van der Waals surface area contributed by atoms with Crippen LogP contribution >= 0.6 is 0 Å². The SMILES string of the molecule is CNC(=O)Cn1ccnc1-c1cccc(OC)c1. The molecule has 0 saturated carbocycles. The van der Waals surface area contributed by atoms with E-state index in [2.05, 4.69) is 10.3 Å². The fraction of sp³-hybridized carbons (Fsp3) is 0.231. The van der Waals surface area contributed by atoms with Crippen molar-refractivity contribution >= 4 is 5.91 Å². The minimum Gasteiger partial charge on any atom is -0.497 e. The lowest BCUT2D eigenvalue weighted by molar-refractivity contribution is -0.121. The minimum absolute atomic E-state index is 0.0582. The van der Waals surface area contributed by atoms with E-state index in [9.17, 15) is 4.79 Å². The average molecular weight is 245 g/mol. The highest BCUT2D eigenvalue weighted by molar-refractivity contribution is 5.76. The summed E-state index contributed by atoms with van der Waals surface area (Å²) in [5.74, 6) is 1.46. The van der Waals surface area contributed by atoms with Crippen LogP contribution in [0.5, 0.6) is 5.75 Å². The van der Waals surface area contributed by atoms with Gasteiger partial charge < -0.3 is 14.6 Å². The summed E-state index contributed by atoms with van der Waals surface area (Å²) in [6.07, 6.45) is 3.46. The fourth-order valence-electron chi connectivity index (χ4n) is 1.69. The van der Waals surface area contributed by atoms with Crippen LogP contribution in [-0.4, -0.2) is 29.6 Å². The molecule has 1 amide bonds. The van der Waals surface area contributed by atoms with E-state index in [4.69, 9.17) is 4.74 Å². The topological polar surface area (TPSA) is 56.2 Å². The zero-order valence-corrected chi connectivity index (χ0v) is 10.4. The van der Waals surface area contributed by atoms with Gasteiger partial charge in [-0.05, 0) is 12.1 Å². The van der Waals surface area contributed by atoms with E-state index in [0.717, 1.165) is 17.1 Å². The molecule has 1 N–H and O–H groups in total. The smallest absolute Gasteiger partial charge is 0.239 e. The predicted octanol–water partition coefficient (Wildman–Crippen LogP) is 1.30. The third-order valence-corrected chi connectivity index (χ3v) is 2.64. The first-order valence-electron chi connectivity index (χ1n) is 5.60. The first-order valence-corrected chi connectivity index (χ1v) is 5.60. The number of amides is 1. The van der Waals surface area contributed by atoms with Gasteiger partial charge in [0.05, 0.1) is 7.11 Å². The summed E-state index contributed by atoms with van der Waals surface area (Å²) in [6.45, 7) is 0.253. The van der Waals surface area contributed by atoms with Gasteiger partial charge in [-0.15, -0.1) is 0 Å². The molecule has 2 rings (SSSR count). The van der Waals surface area contributed by atoms with E-state index in [1.54, 1.807) is 31.1 Å². The number of ether oxygens (including phenoxy) is 1. The van der Waals surface area contributed by atoms with Crippen LogP contribution in [0.25, 0.3) is 11.4 Å². The molecule has 0 fully saturated rings. The second-order valence-electron chi connectivity index (χ2n) is 3.78. The molecule has 5 heteroatoms. The number of rotatable bonds is 4. The van der Waals surface area contributed by atoms with Gasteiger partial charge in [-0.3, -0.25) is 4.79 Å². The highest BCUT2D eigenvalue weighted by Crippen LogP contribution is 2.22. The predicted molar refractivity (Wildman–Crippen MR) is 68.3 cm³/mol. The Kier molecular flexibility index (Phi) is 3.62. The molecule has 0 atom stereocenters. The number of hydrogen-bond donors (Lipinski definition) is 1. The quantitative estimate of drug-likeness (QED) is 0.883. The standard InChI is InChI=1S/C13H15N3O2/c1-14-12(17)9-16-7-6-15-13(16)10-4-3-5-11(8-10)18-2/h3-8H,9H2,1-2H3,(H,14,17). The van der Waals surface area contributed by atoms with Crippen molar-refractivity contribution in [1.29, 1.82) is 0 Å². The molecule has 5 nitrogen and oxygen atoms in total. The van der Waals surface area contributed by atoms with E-state index in [-0.39, 0.29) is 12.5 Å². The van der Waals surface area contributed by atoms with Gasteiger partial charge in [-0.25, -0.2) is 4.98 Å². The number of carbonyl (C=O) groups excluding carboxylic acids is 1. The molecular formula is C13H15N3O2. The fourth-order valence-corrected chi connectivity index (χ4v) is 1.69. The van der Waals surface area contributed by atoms with Gasteiger partial charge in [-0.2, -0.15) is 0 Å². The molecule has 1 aromatic carbocycles. The molecule has 0 unspecified atom stereocenters. The van der Waals surface area contributed by atoms with E-state index in [0.29, 0.717) is 0 Å². The third-order valence-electron chi connectivity index (χ3n) is 2.64. The van der Waals surface area contributed by atoms with Crippen LogP contribution in [0.2, 0.25) is 0 Å². The lowest BCUT2D eigenvalue weighted by Gasteiger charge is -2.08. The van der Waals surface area contributed by atoms with E-state index in [1.165, 1.54) is 0 Å². The van der Waals surface area contributed by atoms with Crippen molar-refractivity contribution in [2.75, 3.05) is 14.2 Å². The lowest BCUT2D eigenvalue weighted by Crippen LogP contribution is -2.23. The Morgan fingerprint density at radius 1 is 1.50 bits per heavy atom. The average Bonchev–Trinajstić information content (AvgIpc) is 2.86. The molecule has 0 radical (unpaired) electrons. The molecule has 0 saturated heterocycles. The molecule has 2 aromatic rings. The molecule has 0 aliphatic rings. The molecule has 18 heavy (non-hydrogen) atoms. The highest BCUT2D eigenvalue weighted by Gasteiger charge is 2.09. The van der Waals surface area contributed by atoms with E-state index < -0.39 is 0 Å². The van der Waals surface area contributed by atoms with Crippen molar-refractivity contribution in [3.05, 3.63) is 36.7 Å². The number of likely N-dealkylation sites (N-methyl/N-ethyl adjacent to an activating group) is 1. The Morgan fingerprint density at radius 2 is 2.33 bits per heavy atom. The third kappa shape index (κ3) is 2.51. The number of aromatic nitrogens is 2. The van der Waals surface area contributed by atoms with Crippen LogP contribution in [0.4, 0.5) is 0 Å². The molecule has 1 aromatic heterocycles. The first kappa shape index (κ1) is 12.2. The number of carbonyl (C=O) groups is 1. The summed E-state index contributed by atoms with van der Waals surface area (Å²) in [5, 5.41) is 2.59. The monoisotopic (exact) mass is 245 g/mol. The summed E-state index contributed by atoms with van der Waals surface area (Å²) in [6, 6.07) is 7.59. The van der Waals surface area contributed by atoms with Crippen molar-refractivity contribution in [3.8, 4) is 17.1 Å². The van der Waals surface area contributed by atoms with Crippen molar-refractivity contribution in [2.45, 2.75) is 6.54 Å². The Bertz CT molecular complexity index is 549. The van der Waals surface area contributed by atoms with E-state index >= 15 is 0 Å². The number of benzene rings is 1. The van der Waals surface area contributed by atoms with Crippen LogP contribution < -0.4 is 10.1 Å². The first-order chi connectivity index (χ1) is 8.74. The van der Waals surface area contributed by atoms with Crippen molar-refractivity contribution in [2.24, 2.45) is 0 Å². The number of hydrogen-bond acceptors (Lipinski definition) is 3. The maximum Gasteiger partial charge on any atom is 0.239 e. The molecule has 0 aliphatic heterocycles. The van der Waals surface area contributed by atoms with Gasteiger partial charge in [0.2, 0.25) is 5.91 Å². The number of imidazole rings is 1. The molecule has 0 spiro atoms. The Labute approximate surface area is 105 Å². The van der Waals surface area contributed by atoms with Gasteiger partial charge in [0.25, 0.3) is 0 Å². The van der Waals surface area contributed by atoms with Crippen LogP contribution in [0.15, 0.2) is 36.7 Å². The van der Waals surface area contributed by atoms with Crippen LogP contribution in [0.3, 0.4) is 0 Å². The minimum atomic E-state index is -0.0582. The van der Waals surface area contributed by atoms with Gasteiger partial charge in [0.1, 0.15) is 18.1 Å². The number of methoxy groups -OCH3 is 1. The summed E-state index contributed by atoms with van der Waals surface area (Å²) < 4.78 is 6.98. The molecular weight excluding hydrogens is 230 g/mol. The Balaban J connectivity index is 2.32. The van der Waals surface area contributed by atoms with Crippen molar-refractivity contribution < 1.29 is 9.53 Å². The molecule has 0 bridgehead atoms. The largest absolute Gasteiger partial charge is 0.497 e. The zero-order chi connectivity index (χ0) is 13.0. The normalized spacial score (nSPS) is 10.1. The van der Waals surface area contributed by atoms with Crippen LogP contribution in [0.1, 0.15) is 0 Å². The van der Waals surface area contributed by atoms with Crippen LogP contribution in [0, 0.1) is 0 Å². The van der Waals surface area contributed by atoms with Gasteiger partial charge in [-0.1, -0.05) is 12.1 Å². The molecule has 0 aliphatic carbocycles. The summed E-state index contributed by atoms with van der Waals surface area (Å²) in [7, 11) is 3.24. The molecule has 94 valence electrons. The summed E-state index contributed by atoms with van der Waals surface area (Å²) in [5.41, 5.74) is 0.920. The summed E-state index contributed by atoms with van der Waals surface area (Å²) >= 11 is 0. The van der Waals surface area contributed by atoms with E-state index in [1.807, 2.05) is 24.3 Å². The summed E-state index contributed by atoms with van der Waals surface area (Å²) in [4.78, 5) is 15.7. The van der Waals surface area contributed by atoms with Gasteiger partial charge in [0, 0.05) is 25.0 Å². The Morgan fingerprint density at radius 3 is 3.06 bits per heavy atom. The highest BCUT2D eigenvalue weighted by atomic mass is 16.5. The number of nitrogens with one attached hydrogen (secondary N) is 1. The van der Waals surface area contributed by atoms with Crippen molar-refractivity contribution in [1.82, 2.24) is 14.9 Å². The Hall–Kier alpha value is -2.30. The second kappa shape index (κ2) is 5.35. The van der Waals surface area contributed by atoms with Crippen molar-refractivity contribution in [3.63, 3.8) is 0 Å².